The molecular formula is C73H138O6. The maximum absolute atomic E-state index is 12.9. The van der Waals surface area contributed by atoms with Gasteiger partial charge in [0.1, 0.15) is 13.2 Å². The lowest BCUT2D eigenvalue weighted by Gasteiger charge is -2.18. The highest BCUT2D eigenvalue weighted by Gasteiger charge is 2.19. The van der Waals surface area contributed by atoms with Gasteiger partial charge in [0.15, 0.2) is 6.10 Å². The molecule has 0 saturated heterocycles. The van der Waals surface area contributed by atoms with E-state index in [2.05, 4.69) is 45.1 Å². The molecule has 79 heavy (non-hydrogen) atoms. The molecule has 6 heteroatoms. The van der Waals surface area contributed by atoms with Crippen molar-refractivity contribution in [2.75, 3.05) is 13.2 Å². The number of hydrogen-bond donors (Lipinski definition) is 0. The van der Waals surface area contributed by atoms with Crippen LogP contribution in [0.5, 0.6) is 0 Å². The van der Waals surface area contributed by atoms with Crippen molar-refractivity contribution >= 4 is 17.9 Å². The topological polar surface area (TPSA) is 78.9 Å². The monoisotopic (exact) mass is 1110 g/mol. The fourth-order valence-electron chi connectivity index (χ4n) is 11.1. The summed E-state index contributed by atoms with van der Waals surface area (Å²) in [6, 6.07) is 0. The van der Waals surface area contributed by atoms with Crippen molar-refractivity contribution in [1.29, 1.82) is 0 Å². The molecule has 0 rings (SSSR count). The minimum absolute atomic E-state index is 0.0680. The van der Waals surface area contributed by atoms with Crippen LogP contribution in [0.15, 0.2) is 24.3 Å². The smallest absolute Gasteiger partial charge is 0.306 e. The van der Waals surface area contributed by atoms with Crippen molar-refractivity contribution < 1.29 is 28.6 Å². The van der Waals surface area contributed by atoms with Gasteiger partial charge in [-0.05, 0) is 51.4 Å². The van der Waals surface area contributed by atoms with Crippen molar-refractivity contribution in [3.05, 3.63) is 24.3 Å². The summed E-state index contributed by atoms with van der Waals surface area (Å²) in [5, 5.41) is 0. The molecule has 0 saturated carbocycles. The van der Waals surface area contributed by atoms with Gasteiger partial charge < -0.3 is 14.2 Å². The molecule has 0 aliphatic rings. The van der Waals surface area contributed by atoms with Gasteiger partial charge in [-0.25, -0.2) is 0 Å². The Balaban J connectivity index is 4.26. The second kappa shape index (κ2) is 68.4. The number of carbonyl (C=O) groups is 3. The van der Waals surface area contributed by atoms with Crippen LogP contribution in [0.3, 0.4) is 0 Å². The van der Waals surface area contributed by atoms with Gasteiger partial charge in [0, 0.05) is 19.3 Å². The number of hydrogen-bond acceptors (Lipinski definition) is 6. The summed E-state index contributed by atoms with van der Waals surface area (Å²) in [7, 11) is 0. The second-order valence-electron chi connectivity index (χ2n) is 24.5. The number of esters is 3. The van der Waals surface area contributed by atoms with Crippen LogP contribution in [0.4, 0.5) is 0 Å². The van der Waals surface area contributed by atoms with E-state index in [9.17, 15) is 14.4 Å². The molecule has 0 heterocycles. The Labute approximate surface area is 493 Å². The molecule has 0 bridgehead atoms. The summed E-state index contributed by atoms with van der Waals surface area (Å²) in [6.07, 6.45) is 83.5. The Bertz CT molecular complexity index is 1270. The number of unbranched alkanes of at least 4 members (excludes halogenated alkanes) is 52. The normalized spacial score (nSPS) is 12.1. The van der Waals surface area contributed by atoms with Crippen LogP contribution in [-0.4, -0.2) is 37.2 Å². The highest BCUT2D eigenvalue weighted by molar-refractivity contribution is 5.71. The molecule has 0 aliphatic carbocycles. The zero-order valence-corrected chi connectivity index (χ0v) is 53.7. The quantitative estimate of drug-likeness (QED) is 0.0261. The van der Waals surface area contributed by atoms with Gasteiger partial charge in [0.25, 0.3) is 0 Å². The van der Waals surface area contributed by atoms with Gasteiger partial charge >= 0.3 is 17.9 Å². The van der Waals surface area contributed by atoms with Crippen molar-refractivity contribution in [2.24, 2.45) is 0 Å². The molecule has 0 amide bonds. The Morgan fingerprint density at radius 3 is 0.709 bits per heavy atom. The molecule has 466 valence electrons. The Kier molecular flexibility index (Phi) is 66.6. The second-order valence-corrected chi connectivity index (χ2v) is 24.5. The molecule has 1 atom stereocenters. The molecule has 1 unspecified atom stereocenters. The maximum atomic E-state index is 12.9. The lowest BCUT2D eigenvalue weighted by Crippen LogP contribution is -2.30. The van der Waals surface area contributed by atoms with Gasteiger partial charge in [-0.3, -0.25) is 14.4 Å². The molecule has 0 radical (unpaired) electrons. The van der Waals surface area contributed by atoms with Crippen molar-refractivity contribution in [1.82, 2.24) is 0 Å². The summed E-state index contributed by atoms with van der Waals surface area (Å²) < 4.78 is 17.0. The van der Waals surface area contributed by atoms with Gasteiger partial charge in [-0.1, -0.05) is 360 Å². The van der Waals surface area contributed by atoms with Gasteiger partial charge in [-0.15, -0.1) is 0 Å². The minimum atomic E-state index is -0.773. The van der Waals surface area contributed by atoms with E-state index in [0.29, 0.717) is 19.3 Å². The van der Waals surface area contributed by atoms with E-state index < -0.39 is 6.10 Å². The van der Waals surface area contributed by atoms with Crippen LogP contribution in [0.25, 0.3) is 0 Å². The number of carbonyl (C=O) groups excluding carboxylic acids is 3. The molecular weight excluding hydrogens is 973 g/mol. The lowest BCUT2D eigenvalue weighted by atomic mass is 10.0. The van der Waals surface area contributed by atoms with E-state index in [-0.39, 0.29) is 31.1 Å². The largest absolute Gasteiger partial charge is 0.462 e. The third-order valence-electron chi connectivity index (χ3n) is 16.5. The lowest BCUT2D eigenvalue weighted by molar-refractivity contribution is -0.167. The van der Waals surface area contributed by atoms with Crippen LogP contribution in [0.2, 0.25) is 0 Å². The van der Waals surface area contributed by atoms with Gasteiger partial charge in [-0.2, -0.15) is 0 Å². The predicted molar refractivity (Wildman–Crippen MR) is 344 cm³/mol. The number of ether oxygens (including phenoxy) is 3. The SMILES string of the molecule is CCCCCC/C=C\C/C=C\CCCCCCCCCC(=O)OC(COC(=O)CCCCCCCCCCCCCCCCCCCC)COC(=O)CCCCCCCCCCCCCCCCCCCCCCCCCCC. The highest BCUT2D eigenvalue weighted by atomic mass is 16.6. The molecule has 0 aromatic carbocycles. The fraction of sp³-hybridized carbons (Fsp3) is 0.904. The highest BCUT2D eigenvalue weighted by Crippen LogP contribution is 2.19. The molecule has 0 spiro atoms. The summed E-state index contributed by atoms with van der Waals surface area (Å²) in [5.74, 6) is -0.841. The summed E-state index contributed by atoms with van der Waals surface area (Å²) in [4.78, 5) is 38.5. The first-order valence-electron chi connectivity index (χ1n) is 35.8. The first kappa shape index (κ1) is 76.9. The predicted octanol–water partition coefficient (Wildman–Crippen LogP) is 24.6. The van der Waals surface area contributed by atoms with Gasteiger partial charge in [0.2, 0.25) is 0 Å². The standard InChI is InChI=1S/C73H138O6/c1-4-7-10-13-16-19-22-25-28-31-34-35-36-37-38-39-40-43-45-48-51-54-57-60-63-66-72(75)78-69-70(79-73(76)67-64-61-58-55-52-49-46-42-33-30-27-24-21-18-15-12-9-6-3)68-77-71(74)65-62-59-56-53-50-47-44-41-32-29-26-23-20-17-14-11-8-5-2/h21,24,30,33,70H,4-20,22-23,25-29,31-32,34-69H2,1-3H3/b24-21-,33-30-. The number of allylic oxidation sites excluding steroid dienone is 4. The Morgan fingerprint density at radius 2 is 0.456 bits per heavy atom. The average Bonchev–Trinajstić information content (AvgIpc) is 3.45. The van der Waals surface area contributed by atoms with Crippen LogP contribution in [0.1, 0.15) is 406 Å². The van der Waals surface area contributed by atoms with Crippen molar-refractivity contribution in [3.8, 4) is 0 Å². The number of rotatable bonds is 67. The zero-order chi connectivity index (χ0) is 57.1. The van der Waals surface area contributed by atoms with Gasteiger partial charge in [0.05, 0.1) is 0 Å². The third-order valence-corrected chi connectivity index (χ3v) is 16.5. The van der Waals surface area contributed by atoms with Crippen LogP contribution in [-0.2, 0) is 28.6 Å². The van der Waals surface area contributed by atoms with Crippen molar-refractivity contribution in [2.45, 2.75) is 412 Å². The zero-order valence-electron chi connectivity index (χ0n) is 53.7. The third kappa shape index (κ3) is 66.6. The Hall–Kier alpha value is -2.11. The molecule has 0 fully saturated rings. The summed E-state index contributed by atoms with van der Waals surface area (Å²) >= 11 is 0. The maximum Gasteiger partial charge on any atom is 0.306 e. The first-order chi connectivity index (χ1) is 39.0. The van der Waals surface area contributed by atoms with E-state index in [1.165, 1.54) is 295 Å². The summed E-state index contributed by atoms with van der Waals surface area (Å²) in [5.41, 5.74) is 0. The molecule has 0 aliphatic heterocycles. The van der Waals surface area contributed by atoms with E-state index in [1.54, 1.807) is 0 Å². The first-order valence-corrected chi connectivity index (χ1v) is 35.8. The Morgan fingerprint density at radius 1 is 0.253 bits per heavy atom. The van der Waals surface area contributed by atoms with Crippen molar-refractivity contribution in [3.63, 3.8) is 0 Å². The van der Waals surface area contributed by atoms with E-state index in [4.69, 9.17) is 14.2 Å². The van der Waals surface area contributed by atoms with Crippen LogP contribution < -0.4 is 0 Å². The van der Waals surface area contributed by atoms with E-state index in [1.807, 2.05) is 0 Å². The van der Waals surface area contributed by atoms with E-state index in [0.717, 1.165) is 70.6 Å². The van der Waals surface area contributed by atoms with E-state index >= 15 is 0 Å². The summed E-state index contributed by atoms with van der Waals surface area (Å²) in [6.45, 7) is 6.71. The average molecular weight is 1110 g/mol. The van der Waals surface area contributed by atoms with Crippen LogP contribution >= 0.6 is 0 Å². The minimum Gasteiger partial charge on any atom is -0.462 e. The molecule has 0 aromatic heterocycles. The molecule has 0 aromatic rings. The van der Waals surface area contributed by atoms with Crippen LogP contribution in [0, 0.1) is 0 Å². The molecule has 6 nitrogen and oxygen atoms in total. The fourth-order valence-corrected chi connectivity index (χ4v) is 11.1. The molecule has 0 N–H and O–H groups in total.